The molecule has 1 aliphatic heterocycles. The molecule has 1 N–H and O–H groups in total. The number of amidine groups is 1. The SMILES string of the molecule is CN=C1S[C@@H](CC(=O)Nc2ccccc2OC(F)F)C(=O)N1C. The predicted octanol–water partition coefficient (Wildman–Crippen LogP) is 2.18. The fourth-order valence-corrected chi connectivity index (χ4v) is 3.14. The van der Waals surface area contributed by atoms with Crippen molar-refractivity contribution in [3.63, 3.8) is 0 Å². The Morgan fingerprint density at radius 2 is 2.17 bits per heavy atom. The van der Waals surface area contributed by atoms with Gasteiger partial charge in [-0.15, -0.1) is 0 Å². The molecule has 1 saturated heterocycles. The number of benzene rings is 1. The number of halogens is 2. The van der Waals surface area contributed by atoms with Crippen LogP contribution in [0.2, 0.25) is 0 Å². The van der Waals surface area contributed by atoms with Crippen molar-refractivity contribution in [3.05, 3.63) is 24.3 Å². The number of carbonyl (C=O) groups excluding carboxylic acids is 2. The standard InChI is InChI=1S/C14H15F2N3O3S/c1-17-14-19(2)12(21)10(23-14)7-11(20)18-8-5-3-4-6-9(8)22-13(15)16/h3-6,10,13H,7H2,1-2H3,(H,18,20)/t10-/m0/s1. The molecule has 0 radical (unpaired) electrons. The van der Waals surface area contributed by atoms with Gasteiger partial charge in [0.2, 0.25) is 11.8 Å². The second kappa shape index (κ2) is 7.40. The molecule has 1 atom stereocenters. The summed E-state index contributed by atoms with van der Waals surface area (Å²) in [6.07, 6.45) is -0.0874. The number of hydrogen-bond donors (Lipinski definition) is 1. The summed E-state index contributed by atoms with van der Waals surface area (Å²) < 4.78 is 29.0. The molecule has 0 spiro atoms. The first kappa shape index (κ1) is 17.2. The van der Waals surface area contributed by atoms with E-state index in [4.69, 9.17) is 0 Å². The van der Waals surface area contributed by atoms with Crippen molar-refractivity contribution in [1.29, 1.82) is 0 Å². The highest BCUT2D eigenvalue weighted by molar-refractivity contribution is 8.15. The number of carbonyl (C=O) groups is 2. The first-order valence-corrected chi connectivity index (χ1v) is 7.55. The smallest absolute Gasteiger partial charge is 0.387 e. The number of rotatable bonds is 5. The number of aliphatic imine (C=N–C) groups is 1. The van der Waals surface area contributed by atoms with Crippen molar-refractivity contribution in [1.82, 2.24) is 4.90 Å². The second-order valence-corrected chi connectivity index (χ2v) is 5.81. The monoisotopic (exact) mass is 343 g/mol. The van der Waals surface area contributed by atoms with Crippen LogP contribution in [0, 0.1) is 0 Å². The summed E-state index contributed by atoms with van der Waals surface area (Å²) >= 11 is 1.19. The number of alkyl halides is 2. The van der Waals surface area contributed by atoms with Crippen LogP contribution >= 0.6 is 11.8 Å². The molecule has 1 fully saturated rings. The summed E-state index contributed by atoms with van der Waals surface area (Å²) in [5.41, 5.74) is 0.131. The van der Waals surface area contributed by atoms with Crippen LogP contribution in [0.15, 0.2) is 29.3 Å². The van der Waals surface area contributed by atoms with Crippen LogP contribution in [0.1, 0.15) is 6.42 Å². The van der Waals surface area contributed by atoms with E-state index in [1.807, 2.05) is 0 Å². The van der Waals surface area contributed by atoms with Crippen molar-refractivity contribution in [2.45, 2.75) is 18.3 Å². The Bertz CT molecular complexity index is 639. The molecule has 124 valence electrons. The minimum Gasteiger partial charge on any atom is -0.433 e. The molecule has 6 nitrogen and oxygen atoms in total. The van der Waals surface area contributed by atoms with Gasteiger partial charge in [-0.2, -0.15) is 8.78 Å². The third kappa shape index (κ3) is 4.19. The number of ether oxygens (including phenoxy) is 1. The molecule has 9 heteroatoms. The molecule has 0 unspecified atom stereocenters. The van der Waals surface area contributed by atoms with Gasteiger partial charge >= 0.3 is 6.61 Å². The molecule has 0 aliphatic carbocycles. The van der Waals surface area contributed by atoms with Crippen LogP contribution in [-0.2, 0) is 9.59 Å². The van der Waals surface area contributed by atoms with Crippen LogP contribution in [0.3, 0.4) is 0 Å². The maximum atomic E-state index is 12.3. The van der Waals surface area contributed by atoms with E-state index in [0.717, 1.165) is 0 Å². The van der Waals surface area contributed by atoms with E-state index in [1.165, 1.54) is 34.9 Å². The first-order chi connectivity index (χ1) is 10.9. The highest BCUT2D eigenvalue weighted by atomic mass is 32.2. The highest BCUT2D eigenvalue weighted by Gasteiger charge is 2.36. The third-order valence-electron chi connectivity index (χ3n) is 3.08. The molecule has 1 aliphatic rings. The maximum Gasteiger partial charge on any atom is 0.387 e. The molecule has 23 heavy (non-hydrogen) atoms. The molecule has 1 aromatic rings. The van der Waals surface area contributed by atoms with Crippen LogP contribution in [-0.4, -0.2) is 47.8 Å². The zero-order valence-corrected chi connectivity index (χ0v) is 13.3. The Hall–Kier alpha value is -2.16. The van der Waals surface area contributed by atoms with Crippen LogP contribution in [0.5, 0.6) is 5.75 Å². The largest absolute Gasteiger partial charge is 0.433 e. The van der Waals surface area contributed by atoms with Gasteiger partial charge in [-0.25, -0.2) is 0 Å². The van der Waals surface area contributed by atoms with Crippen LogP contribution in [0.4, 0.5) is 14.5 Å². The Balaban J connectivity index is 2.02. The normalized spacial score (nSPS) is 19.5. The summed E-state index contributed by atoms with van der Waals surface area (Å²) in [6.45, 7) is -2.99. The number of para-hydroxylation sites is 2. The average Bonchev–Trinajstić information content (AvgIpc) is 2.76. The van der Waals surface area contributed by atoms with Gasteiger partial charge in [0, 0.05) is 20.5 Å². The number of nitrogens with one attached hydrogen (secondary N) is 1. The van der Waals surface area contributed by atoms with Crippen molar-refractivity contribution in [2.75, 3.05) is 19.4 Å². The average molecular weight is 343 g/mol. The molecule has 2 amide bonds. The fourth-order valence-electron chi connectivity index (χ4n) is 2.04. The van der Waals surface area contributed by atoms with Gasteiger partial charge in [0.25, 0.3) is 0 Å². The Labute approximate surface area is 135 Å². The molecule has 0 saturated carbocycles. The molecule has 0 aromatic heterocycles. The summed E-state index contributed by atoms with van der Waals surface area (Å²) in [7, 11) is 3.15. The van der Waals surface area contributed by atoms with E-state index in [0.29, 0.717) is 5.17 Å². The van der Waals surface area contributed by atoms with Gasteiger partial charge in [-0.05, 0) is 12.1 Å². The van der Waals surface area contributed by atoms with E-state index < -0.39 is 17.8 Å². The lowest BCUT2D eigenvalue weighted by Crippen LogP contribution is -2.30. The van der Waals surface area contributed by atoms with E-state index in [-0.39, 0.29) is 23.8 Å². The first-order valence-electron chi connectivity index (χ1n) is 6.67. The van der Waals surface area contributed by atoms with Crippen molar-refractivity contribution < 1.29 is 23.1 Å². The number of thioether (sulfide) groups is 1. The van der Waals surface area contributed by atoms with Crippen LogP contribution < -0.4 is 10.1 Å². The molecule has 1 heterocycles. The minimum atomic E-state index is -2.99. The molecular formula is C14H15F2N3O3S. The number of nitrogens with zero attached hydrogens (tertiary/aromatic N) is 2. The van der Waals surface area contributed by atoms with Crippen LogP contribution in [0.25, 0.3) is 0 Å². The maximum absolute atomic E-state index is 12.3. The minimum absolute atomic E-state index is 0.0874. The molecular weight excluding hydrogens is 328 g/mol. The number of amides is 2. The van der Waals surface area contributed by atoms with E-state index in [2.05, 4.69) is 15.0 Å². The second-order valence-electron chi connectivity index (χ2n) is 4.64. The van der Waals surface area contributed by atoms with Gasteiger partial charge in [0.15, 0.2) is 5.17 Å². The predicted molar refractivity (Wildman–Crippen MR) is 83.8 cm³/mol. The van der Waals surface area contributed by atoms with Gasteiger partial charge < -0.3 is 10.1 Å². The summed E-state index contributed by atoms with van der Waals surface area (Å²) in [5.74, 6) is -0.816. The van der Waals surface area contributed by atoms with Crippen molar-refractivity contribution in [2.24, 2.45) is 4.99 Å². The highest BCUT2D eigenvalue weighted by Crippen LogP contribution is 2.30. The molecule has 0 bridgehead atoms. The van der Waals surface area contributed by atoms with Gasteiger partial charge in [0.05, 0.1) is 5.69 Å². The van der Waals surface area contributed by atoms with E-state index in [1.54, 1.807) is 20.2 Å². The molecule has 1 aromatic carbocycles. The zero-order valence-electron chi connectivity index (χ0n) is 12.5. The van der Waals surface area contributed by atoms with Gasteiger partial charge in [-0.1, -0.05) is 23.9 Å². The Kier molecular flexibility index (Phi) is 5.54. The van der Waals surface area contributed by atoms with Crippen molar-refractivity contribution >= 4 is 34.4 Å². The quantitative estimate of drug-likeness (QED) is 0.889. The molecule has 2 rings (SSSR count). The van der Waals surface area contributed by atoms with E-state index in [9.17, 15) is 18.4 Å². The lowest BCUT2D eigenvalue weighted by atomic mass is 10.2. The topological polar surface area (TPSA) is 71.0 Å². The van der Waals surface area contributed by atoms with Crippen molar-refractivity contribution in [3.8, 4) is 5.75 Å². The Morgan fingerprint density at radius 3 is 2.78 bits per heavy atom. The summed E-state index contributed by atoms with van der Waals surface area (Å²) in [6, 6.07) is 5.87. The fraction of sp³-hybridized carbons (Fsp3) is 0.357. The third-order valence-corrected chi connectivity index (χ3v) is 4.40. The summed E-state index contributed by atoms with van der Waals surface area (Å²) in [5, 5.41) is 2.44. The lowest BCUT2D eigenvalue weighted by molar-refractivity contribution is -0.127. The zero-order chi connectivity index (χ0) is 17.0. The number of anilines is 1. The lowest BCUT2D eigenvalue weighted by Gasteiger charge is -2.12. The Morgan fingerprint density at radius 1 is 1.48 bits per heavy atom. The summed E-state index contributed by atoms with van der Waals surface area (Å²) in [4.78, 5) is 29.4. The van der Waals surface area contributed by atoms with Gasteiger partial charge in [0.1, 0.15) is 11.0 Å². The van der Waals surface area contributed by atoms with Gasteiger partial charge in [-0.3, -0.25) is 19.5 Å². The van der Waals surface area contributed by atoms with E-state index >= 15 is 0 Å². The number of hydrogen-bond acceptors (Lipinski definition) is 5.